The summed E-state index contributed by atoms with van der Waals surface area (Å²) in [4.78, 5) is 28.7. The van der Waals surface area contributed by atoms with E-state index >= 15 is 0 Å². The molecule has 0 bridgehead atoms. The van der Waals surface area contributed by atoms with Crippen molar-refractivity contribution in [3.63, 3.8) is 0 Å². The van der Waals surface area contributed by atoms with Crippen LogP contribution in [-0.2, 0) is 11.2 Å². The van der Waals surface area contributed by atoms with Gasteiger partial charge in [-0.3, -0.25) is 9.69 Å². The second-order valence-electron chi connectivity index (χ2n) is 8.37. The minimum Gasteiger partial charge on any atom is -0.323 e. The minimum atomic E-state index is -0.662. The largest absolute Gasteiger partial charge is 0.326 e. The molecule has 0 aromatic heterocycles. The van der Waals surface area contributed by atoms with Crippen molar-refractivity contribution < 1.29 is 9.59 Å². The van der Waals surface area contributed by atoms with Gasteiger partial charge in [0.15, 0.2) is 0 Å². The van der Waals surface area contributed by atoms with Crippen molar-refractivity contribution in [2.45, 2.75) is 51.0 Å². The van der Waals surface area contributed by atoms with Crippen molar-refractivity contribution in [3.05, 3.63) is 35.9 Å². The molecule has 0 unspecified atom stereocenters. The average molecular weight is 355 g/mol. The van der Waals surface area contributed by atoms with Crippen LogP contribution in [0.1, 0.15) is 44.6 Å². The SMILES string of the molecule is C[C@@]1(C2CC2)NC(=O)N(CN2CCC(CCc3ccccc3)CC2)C1=O. The molecule has 3 amide bonds. The Hall–Kier alpha value is -1.88. The fraction of sp³-hybridized carbons (Fsp3) is 0.619. The molecule has 3 aliphatic rings. The number of carbonyl (C=O) groups is 2. The normalized spacial score (nSPS) is 27.8. The van der Waals surface area contributed by atoms with Gasteiger partial charge in [0.2, 0.25) is 0 Å². The molecule has 4 rings (SSSR count). The maximum absolute atomic E-state index is 12.7. The first kappa shape index (κ1) is 17.5. The lowest BCUT2D eigenvalue weighted by Crippen LogP contribution is -2.48. The zero-order valence-electron chi connectivity index (χ0n) is 15.6. The number of benzene rings is 1. The molecule has 1 atom stereocenters. The van der Waals surface area contributed by atoms with Gasteiger partial charge in [-0.1, -0.05) is 30.3 Å². The quantitative estimate of drug-likeness (QED) is 0.798. The van der Waals surface area contributed by atoms with Crippen molar-refractivity contribution in [1.82, 2.24) is 15.1 Å². The maximum atomic E-state index is 12.7. The number of rotatable bonds is 6. The number of imide groups is 1. The van der Waals surface area contributed by atoms with Crippen molar-refractivity contribution >= 4 is 11.9 Å². The number of aryl methyl sites for hydroxylation is 1. The summed E-state index contributed by atoms with van der Waals surface area (Å²) in [5.74, 6) is 1.04. The van der Waals surface area contributed by atoms with Gasteiger partial charge in [-0.05, 0) is 62.8 Å². The predicted octanol–water partition coefficient (Wildman–Crippen LogP) is 3.01. The van der Waals surface area contributed by atoms with Gasteiger partial charge in [0.1, 0.15) is 5.54 Å². The molecule has 2 saturated heterocycles. The third kappa shape index (κ3) is 3.50. The Balaban J connectivity index is 1.25. The number of hydrogen-bond acceptors (Lipinski definition) is 3. The smallest absolute Gasteiger partial charge is 0.323 e. The molecule has 1 aromatic rings. The molecule has 140 valence electrons. The Kier molecular flexibility index (Phi) is 4.74. The molecule has 1 aromatic carbocycles. The summed E-state index contributed by atoms with van der Waals surface area (Å²) in [5, 5.41) is 2.94. The molecular weight excluding hydrogens is 326 g/mol. The molecular formula is C21H29N3O2. The van der Waals surface area contributed by atoms with Crippen LogP contribution >= 0.6 is 0 Å². The number of amides is 3. The summed E-state index contributed by atoms with van der Waals surface area (Å²) < 4.78 is 0. The fourth-order valence-electron chi connectivity index (χ4n) is 4.41. The Bertz CT molecular complexity index is 665. The van der Waals surface area contributed by atoms with Crippen LogP contribution in [0.25, 0.3) is 0 Å². The highest BCUT2D eigenvalue weighted by Crippen LogP contribution is 2.42. The average Bonchev–Trinajstić information content (AvgIpc) is 3.48. The molecule has 1 N–H and O–H groups in total. The number of carbonyl (C=O) groups excluding carboxylic acids is 2. The number of urea groups is 1. The molecule has 3 fully saturated rings. The van der Waals surface area contributed by atoms with E-state index in [9.17, 15) is 9.59 Å². The van der Waals surface area contributed by atoms with Gasteiger partial charge in [-0.15, -0.1) is 0 Å². The van der Waals surface area contributed by atoms with E-state index in [1.165, 1.54) is 16.9 Å². The molecule has 26 heavy (non-hydrogen) atoms. The molecule has 1 aliphatic carbocycles. The molecule has 0 spiro atoms. The van der Waals surface area contributed by atoms with Crippen LogP contribution in [0.5, 0.6) is 0 Å². The second-order valence-corrected chi connectivity index (χ2v) is 8.37. The summed E-state index contributed by atoms with van der Waals surface area (Å²) in [6, 6.07) is 10.5. The van der Waals surface area contributed by atoms with E-state index in [0.29, 0.717) is 12.6 Å². The Morgan fingerprint density at radius 1 is 1.08 bits per heavy atom. The highest BCUT2D eigenvalue weighted by atomic mass is 16.2. The van der Waals surface area contributed by atoms with Crippen molar-refractivity contribution in [3.8, 4) is 0 Å². The third-order valence-electron chi connectivity index (χ3n) is 6.43. The minimum absolute atomic E-state index is 0.0313. The predicted molar refractivity (Wildman–Crippen MR) is 100 cm³/mol. The standard InChI is InChI=1S/C21H29N3O2/c1-21(18-9-10-18)19(25)24(20(26)22-21)15-23-13-11-17(12-14-23)8-7-16-5-3-2-4-6-16/h2-6,17-18H,7-15H2,1H3,(H,22,26)/t21-/m0/s1. The van der Waals surface area contributed by atoms with Crippen LogP contribution in [0.3, 0.4) is 0 Å². The Labute approximate surface area is 155 Å². The van der Waals surface area contributed by atoms with Crippen LogP contribution in [0, 0.1) is 11.8 Å². The lowest BCUT2D eigenvalue weighted by atomic mass is 9.90. The van der Waals surface area contributed by atoms with Gasteiger partial charge in [-0.2, -0.15) is 0 Å². The Morgan fingerprint density at radius 2 is 1.77 bits per heavy atom. The zero-order chi connectivity index (χ0) is 18.1. The van der Waals surface area contributed by atoms with Gasteiger partial charge in [-0.25, -0.2) is 9.69 Å². The first-order valence-electron chi connectivity index (χ1n) is 9.96. The number of likely N-dealkylation sites (tertiary alicyclic amines) is 1. The van der Waals surface area contributed by atoms with Gasteiger partial charge < -0.3 is 5.32 Å². The number of hydrogen-bond donors (Lipinski definition) is 1. The maximum Gasteiger partial charge on any atom is 0.326 e. The highest BCUT2D eigenvalue weighted by Gasteiger charge is 2.56. The monoisotopic (exact) mass is 355 g/mol. The second kappa shape index (κ2) is 7.03. The number of nitrogens with zero attached hydrogens (tertiary/aromatic N) is 2. The summed E-state index contributed by atoms with van der Waals surface area (Å²) in [6.07, 6.45) is 6.75. The lowest BCUT2D eigenvalue weighted by Gasteiger charge is -2.34. The van der Waals surface area contributed by atoms with Crippen LogP contribution in [-0.4, -0.2) is 47.0 Å². The summed E-state index contributed by atoms with van der Waals surface area (Å²) in [5.41, 5.74) is 0.749. The third-order valence-corrected chi connectivity index (χ3v) is 6.43. The zero-order valence-corrected chi connectivity index (χ0v) is 15.6. The molecule has 2 heterocycles. The van der Waals surface area contributed by atoms with Gasteiger partial charge in [0.25, 0.3) is 5.91 Å². The van der Waals surface area contributed by atoms with E-state index in [1.807, 2.05) is 6.92 Å². The first-order valence-corrected chi connectivity index (χ1v) is 9.96. The molecule has 1 saturated carbocycles. The molecule has 2 aliphatic heterocycles. The lowest BCUT2D eigenvalue weighted by molar-refractivity contribution is -0.133. The van der Waals surface area contributed by atoms with Crippen molar-refractivity contribution in [2.75, 3.05) is 19.8 Å². The van der Waals surface area contributed by atoms with Gasteiger partial charge in [0, 0.05) is 13.1 Å². The van der Waals surface area contributed by atoms with Crippen LogP contribution in [0.2, 0.25) is 0 Å². The van der Waals surface area contributed by atoms with Gasteiger partial charge in [0.05, 0.1) is 6.67 Å². The summed E-state index contributed by atoms with van der Waals surface area (Å²) >= 11 is 0. The summed E-state index contributed by atoms with van der Waals surface area (Å²) in [6.45, 7) is 4.27. The van der Waals surface area contributed by atoms with E-state index in [1.54, 1.807) is 0 Å². The van der Waals surface area contributed by atoms with Crippen molar-refractivity contribution in [1.29, 1.82) is 0 Å². The van der Waals surface area contributed by atoms with E-state index < -0.39 is 5.54 Å². The van der Waals surface area contributed by atoms with Crippen LogP contribution in [0.4, 0.5) is 4.79 Å². The summed E-state index contributed by atoms with van der Waals surface area (Å²) in [7, 11) is 0. The van der Waals surface area contributed by atoms with Crippen molar-refractivity contribution in [2.24, 2.45) is 11.8 Å². The van der Waals surface area contributed by atoms with Crippen LogP contribution < -0.4 is 5.32 Å². The fourth-order valence-corrected chi connectivity index (χ4v) is 4.41. The van der Waals surface area contributed by atoms with Gasteiger partial charge >= 0.3 is 6.03 Å². The van der Waals surface area contributed by atoms with E-state index in [2.05, 4.69) is 40.5 Å². The van der Waals surface area contributed by atoms with E-state index in [-0.39, 0.29) is 11.9 Å². The molecule has 0 radical (unpaired) electrons. The molecule has 5 nitrogen and oxygen atoms in total. The van der Waals surface area contributed by atoms with Crippen LogP contribution in [0.15, 0.2) is 30.3 Å². The topological polar surface area (TPSA) is 52.7 Å². The number of nitrogens with one attached hydrogen (secondary N) is 1. The highest BCUT2D eigenvalue weighted by molar-refractivity contribution is 6.07. The number of piperidine rings is 1. The van der Waals surface area contributed by atoms with E-state index in [0.717, 1.165) is 51.1 Å². The first-order chi connectivity index (χ1) is 12.6. The Morgan fingerprint density at radius 3 is 2.42 bits per heavy atom. The molecule has 5 heteroatoms. The van der Waals surface area contributed by atoms with E-state index in [4.69, 9.17) is 0 Å².